The van der Waals surface area contributed by atoms with Gasteiger partial charge in [-0.3, -0.25) is 4.79 Å². The fourth-order valence-corrected chi connectivity index (χ4v) is 3.70. The normalized spacial score (nSPS) is 14.2. The van der Waals surface area contributed by atoms with Gasteiger partial charge in [-0.25, -0.2) is 4.79 Å². The Kier molecular flexibility index (Phi) is 5.71. The van der Waals surface area contributed by atoms with Crippen LogP contribution in [0.1, 0.15) is 34.5 Å². The van der Waals surface area contributed by atoms with Gasteiger partial charge >= 0.3 is 5.97 Å². The van der Waals surface area contributed by atoms with Gasteiger partial charge in [0.1, 0.15) is 4.88 Å². The predicted octanol–water partition coefficient (Wildman–Crippen LogP) is 3.84. The Hall–Kier alpha value is -2.34. The van der Waals surface area contributed by atoms with Crippen LogP contribution < -0.4 is 10.2 Å². The molecule has 1 saturated heterocycles. The fraction of sp³-hybridized carbons (Fsp3) is 0.368. The predicted molar refractivity (Wildman–Crippen MR) is 100 cm³/mol. The number of thiophene rings is 1. The Morgan fingerprint density at radius 1 is 1.12 bits per heavy atom. The van der Waals surface area contributed by atoms with Crippen LogP contribution in [0.5, 0.6) is 0 Å². The van der Waals surface area contributed by atoms with Gasteiger partial charge in [-0.1, -0.05) is 0 Å². The first-order valence-corrected chi connectivity index (χ1v) is 9.37. The molecule has 2 aromatic rings. The van der Waals surface area contributed by atoms with Crippen LogP contribution >= 0.6 is 11.3 Å². The first-order valence-electron chi connectivity index (χ1n) is 8.49. The second kappa shape index (κ2) is 8.16. The highest BCUT2D eigenvalue weighted by molar-refractivity contribution is 7.12. The van der Waals surface area contributed by atoms with Crippen LogP contribution in [0, 0.1) is 6.92 Å². The van der Waals surface area contributed by atoms with Gasteiger partial charge in [0.2, 0.25) is 0 Å². The molecule has 1 aromatic heterocycles. The first kappa shape index (κ1) is 17.5. The molecule has 6 heteroatoms. The molecule has 0 unspecified atom stereocenters. The Labute approximate surface area is 151 Å². The third-order valence-corrected chi connectivity index (χ3v) is 5.25. The number of esters is 1. The molecule has 1 fully saturated rings. The number of carbonyl (C=O) groups excluding carboxylic acids is 2. The van der Waals surface area contributed by atoms with E-state index < -0.39 is 5.97 Å². The molecule has 0 aliphatic carbocycles. The minimum atomic E-state index is -0.455. The molecule has 1 aromatic carbocycles. The number of benzene rings is 1. The summed E-state index contributed by atoms with van der Waals surface area (Å²) in [6.07, 6.45) is 3.76. The number of nitrogens with one attached hydrogen (secondary N) is 1. The number of ether oxygens (including phenoxy) is 1. The molecule has 2 heterocycles. The average Bonchev–Trinajstić information content (AvgIpc) is 3.07. The Morgan fingerprint density at radius 3 is 2.48 bits per heavy atom. The van der Waals surface area contributed by atoms with Crippen molar-refractivity contribution in [3.63, 3.8) is 0 Å². The number of rotatable bonds is 5. The Morgan fingerprint density at radius 2 is 1.84 bits per heavy atom. The van der Waals surface area contributed by atoms with Gasteiger partial charge in [-0.05, 0) is 67.5 Å². The molecule has 1 amide bonds. The molecule has 1 aliphatic heterocycles. The SMILES string of the molecule is Cc1ccsc1C(=O)OCC(=O)Nc1ccc(N2CCCCC2)cc1. The molecule has 0 atom stereocenters. The lowest BCUT2D eigenvalue weighted by atomic mass is 10.1. The van der Waals surface area contributed by atoms with Crippen LogP contribution in [0.2, 0.25) is 0 Å². The van der Waals surface area contributed by atoms with Crippen LogP contribution in [-0.2, 0) is 9.53 Å². The molecule has 132 valence electrons. The monoisotopic (exact) mass is 358 g/mol. The van der Waals surface area contributed by atoms with E-state index in [0.717, 1.165) is 18.7 Å². The molecule has 25 heavy (non-hydrogen) atoms. The summed E-state index contributed by atoms with van der Waals surface area (Å²) in [6.45, 7) is 3.73. The van der Waals surface area contributed by atoms with E-state index in [9.17, 15) is 9.59 Å². The number of hydrogen-bond donors (Lipinski definition) is 1. The maximum Gasteiger partial charge on any atom is 0.349 e. The van der Waals surface area contributed by atoms with Crippen molar-refractivity contribution in [1.82, 2.24) is 0 Å². The second-order valence-electron chi connectivity index (χ2n) is 6.15. The largest absolute Gasteiger partial charge is 0.451 e. The summed E-state index contributed by atoms with van der Waals surface area (Å²) in [6, 6.07) is 9.65. The van der Waals surface area contributed by atoms with Crippen LogP contribution in [0.4, 0.5) is 11.4 Å². The molecule has 0 saturated carbocycles. The van der Waals surface area contributed by atoms with E-state index in [4.69, 9.17) is 4.74 Å². The fourth-order valence-electron chi connectivity index (χ4n) is 2.88. The van der Waals surface area contributed by atoms with E-state index in [1.807, 2.05) is 42.6 Å². The second-order valence-corrected chi connectivity index (χ2v) is 7.07. The smallest absolute Gasteiger partial charge is 0.349 e. The van der Waals surface area contributed by atoms with Crippen LogP contribution in [0.25, 0.3) is 0 Å². The number of nitrogens with zero attached hydrogens (tertiary/aromatic N) is 1. The van der Waals surface area contributed by atoms with Crippen molar-refractivity contribution in [3.05, 3.63) is 46.2 Å². The standard InChI is InChI=1S/C19H22N2O3S/c1-14-9-12-25-18(14)19(23)24-13-17(22)20-15-5-7-16(8-6-15)21-10-3-2-4-11-21/h5-9,12H,2-4,10-11,13H2,1H3,(H,20,22). The molecule has 5 nitrogen and oxygen atoms in total. The summed E-state index contributed by atoms with van der Waals surface area (Å²) < 4.78 is 5.07. The summed E-state index contributed by atoms with van der Waals surface area (Å²) in [7, 11) is 0. The summed E-state index contributed by atoms with van der Waals surface area (Å²) in [5, 5.41) is 4.59. The number of amides is 1. The van der Waals surface area contributed by atoms with E-state index in [-0.39, 0.29) is 12.5 Å². The number of hydrogen-bond acceptors (Lipinski definition) is 5. The minimum Gasteiger partial charge on any atom is -0.451 e. The van der Waals surface area contributed by atoms with E-state index in [2.05, 4.69) is 10.2 Å². The summed E-state index contributed by atoms with van der Waals surface area (Å²) >= 11 is 1.32. The van der Waals surface area contributed by atoms with E-state index in [1.54, 1.807) is 0 Å². The zero-order chi connectivity index (χ0) is 17.6. The highest BCUT2D eigenvalue weighted by atomic mass is 32.1. The maximum absolute atomic E-state index is 12.0. The molecule has 0 spiro atoms. The molecule has 1 aliphatic rings. The van der Waals surface area contributed by atoms with Crippen molar-refractivity contribution < 1.29 is 14.3 Å². The third kappa shape index (κ3) is 4.60. The Balaban J connectivity index is 1.49. The van der Waals surface area contributed by atoms with Gasteiger partial charge in [-0.2, -0.15) is 0 Å². The van der Waals surface area contributed by atoms with E-state index >= 15 is 0 Å². The quantitative estimate of drug-likeness (QED) is 0.825. The number of piperidine rings is 1. The minimum absolute atomic E-state index is 0.288. The van der Waals surface area contributed by atoms with E-state index in [1.165, 1.54) is 36.3 Å². The zero-order valence-electron chi connectivity index (χ0n) is 14.3. The third-order valence-electron chi connectivity index (χ3n) is 4.25. The highest BCUT2D eigenvalue weighted by Gasteiger charge is 2.14. The van der Waals surface area contributed by atoms with Crippen molar-refractivity contribution in [1.29, 1.82) is 0 Å². The van der Waals surface area contributed by atoms with Gasteiger partial charge in [0.05, 0.1) is 0 Å². The molecule has 0 radical (unpaired) electrons. The van der Waals surface area contributed by atoms with Crippen molar-refractivity contribution in [2.24, 2.45) is 0 Å². The maximum atomic E-state index is 12.0. The number of aryl methyl sites for hydroxylation is 1. The topological polar surface area (TPSA) is 58.6 Å². The molecular weight excluding hydrogens is 336 g/mol. The average molecular weight is 358 g/mol. The number of anilines is 2. The van der Waals surface area contributed by atoms with Crippen molar-refractivity contribution in [2.45, 2.75) is 26.2 Å². The zero-order valence-corrected chi connectivity index (χ0v) is 15.1. The molecule has 3 rings (SSSR count). The van der Waals surface area contributed by atoms with Gasteiger partial charge in [0.15, 0.2) is 6.61 Å². The summed E-state index contributed by atoms with van der Waals surface area (Å²) in [5.74, 6) is -0.795. The number of carbonyl (C=O) groups is 2. The van der Waals surface area contributed by atoms with Crippen molar-refractivity contribution in [3.8, 4) is 0 Å². The van der Waals surface area contributed by atoms with Crippen LogP contribution in [-0.4, -0.2) is 31.6 Å². The van der Waals surface area contributed by atoms with Crippen LogP contribution in [0.3, 0.4) is 0 Å². The van der Waals surface area contributed by atoms with Gasteiger partial charge < -0.3 is 15.0 Å². The molecular formula is C19H22N2O3S. The van der Waals surface area contributed by atoms with Gasteiger partial charge in [0, 0.05) is 24.5 Å². The highest BCUT2D eigenvalue weighted by Crippen LogP contribution is 2.22. The molecule has 1 N–H and O–H groups in total. The van der Waals surface area contributed by atoms with Crippen molar-refractivity contribution in [2.75, 3.05) is 29.9 Å². The summed E-state index contributed by atoms with van der Waals surface area (Å²) in [5.41, 5.74) is 2.75. The lowest BCUT2D eigenvalue weighted by Crippen LogP contribution is -2.29. The lowest BCUT2D eigenvalue weighted by molar-refractivity contribution is -0.119. The molecule has 0 bridgehead atoms. The Bertz CT molecular complexity index is 733. The summed E-state index contributed by atoms with van der Waals surface area (Å²) in [4.78, 5) is 26.8. The van der Waals surface area contributed by atoms with E-state index in [0.29, 0.717) is 10.6 Å². The lowest BCUT2D eigenvalue weighted by Gasteiger charge is -2.28. The van der Waals surface area contributed by atoms with Crippen LogP contribution in [0.15, 0.2) is 35.7 Å². The first-order chi connectivity index (χ1) is 12.1. The van der Waals surface area contributed by atoms with Crippen molar-refractivity contribution >= 4 is 34.6 Å². The van der Waals surface area contributed by atoms with Gasteiger partial charge in [0.25, 0.3) is 5.91 Å². The van der Waals surface area contributed by atoms with Gasteiger partial charge in [-0.15, -0.1) is 11.3 Å².